The summed E-state index contributed by atoms with van der Waals surface area (Å²) in [6, 6.07) is 12.8. The van der Waals surface area contributed by atoms with Crippen LogP contribution in [-0.4, -0.2) is 9.97 Å². The second-order valence-electron chi connectivity index (χ2n) is 6.71. The van der Waals surface area contributed by atoms with Gasteiger partial charge in [-0.05, 0) is 87.6 Å². The van der Waals surface area contributed by atoms with Crippen molar-refractivity contribution in [2.75, 3.05) is 0 Å². The number of benzene rings is 2. The number of aryl methyl sites for hydroxylation is 5. The molecule has 0 fully saturated rings. The molecule has 0 aliphatic carbocycles. The van der Waals surface area contributed by atoms with Crippen LogP contribution in [0.2, 0.25) is 0 Å². The van der Waals surface area contributed by atoms with Gasteiger partial charge in [0.05, 0.1) is 5.69 Å². The van der Waals surface area contributed by atoms with E-state index in [1.807, 2.05) is 19.1 Å². The van der Waals surface area contributed by atoms with E-state index < -0.39 is 0 Å². The van der Waals surface area contributed by atoms with Crippen LogP contribution < -0.4 is 4.74 Å². The average molecular weight is 332 g/mol. The maximum atomic E-state index is 5.94. The summed E-state index contributed by atoms with van der Waals surface area (Å²) in [6.07, 6.45) is 0. The van der Waals surface area contributed by atoms with Gasteiger partial charge in [0.2, 0.25) is 0 Å². The second kappa shape index (κ2) is 6.67. The molecule has 0 aliphatic heterocycles. The monoisotopic (exact) mass is 332 g/mol. The van der Waals surface area contributed by atoms with E-state index in [0.717, 1.165) is 28.3 Å². The van der Waals surface area contributed by atoms with Crippen molar-refractivity contribution in [2.45, 2.75) is 41.5 Å². The molecule has 1 aromatic heterocycles. The zero-order chi connectivity index (χ0) is 18.1. The highest BCUT2D eigenvalue weighted by Crippen LogP contribution is 2.28. The van der Waals surface area contributed by atoms with E-state index in [9.17, 15) is 0 Å². The smallest absolute Gasteiger partial charge is 0.322 e. The number of rotatable bonds is 3. The van der Waals surface area contributed by atoms with Gasteiger partial charge in [-0.15, -0.1) is 0 Å². The molecular formula is C22H24N2O. The van der Waals surface area contributed by atoms with Crippen LogP contribution in [0.4, 0.5) is 0 Å². The lowest BCUT2D eigenvalue weighted by Gasteiger charge is -2.13. The highest BCUT2D eigenvalue weighted by atomic mass is 16.5. The lowest BCUT2D eigenvalue weighted by Crippen LogP contribution is -2.00. The summed E-state index contributed by atoms with van der Waals surface area (Å²) in [5, 5.41) is 0. The number of hydrogen-bond acceptors (Lipinski definition) is 3. The Hall–Kier alpha value is -2.68. The molecule has 0 amide bonds. The Kier molecular flexibility index (Phi) is 4.58. The molecule has 0 N–H and O–H groups in total. The van der Waals surface area contributed by atoms with Crippen LogP contribution in [0.3, 0.4) is 0 Å². The van der Waals surface area contributed by atoms with Gasteiger partial charge >= 0.3 is 6.01 Å². The van der Waals surface area contributed by atoms with Crippen molar-refractivity contribution in [3.05, 3.63) is 69.9 Å². The summed E-state index contributed by atoms with van der Waals surface area (Å²) in [7, 11) is 0. The Morgan fingerprint density at radius 1 is 0.680 bits per heavy atom. The number of nitrogens with zero attached hydrogens (tertiary/aromatic N) is 2. The normalized spacial score (nSPS) is 10.8. The van der Waals surface area contributed by atoms with Gasteiger partial charge in [0.1, 0.15) is 5.75 Å². The largest absolute Gasteiger partial charge is 0.424 e. The van der Waals surface area contributed by atoms with Crippen molar-refractivity contribution in [2.24, 2.45) is 0 Å². The summed E-state index contributed by atoms with van der Waals surface area (Å²) in [6.45, 7) is 12.4. The van der Waals surface area contributed by atoms with Crippen molar-refractivity contribution < 1.29 is 4.74 Å². The van der Waals surface area contributed by atoms with Gasteiger partial charge in [0, 0.05) is 11.3 Å². The Bertz CT molecular complexity index is 945. The van der Waals surface area contributed by atoms with Crippen molar-refractivity contribution in [1.29, 1.82) is 0 Å². The molecule has 0 atom stereocenters. The van der Waals surface area contributed by atoms with Crippen LogP contribution in [0, 0.1) is 41.5 Å². The highest BCUT2D eigenvalue weighted by Gasteiger charge is 2.12. The molecule has 0 spiro atoms. The zero-order valence-electron chi connectivity index (χ0n) is 15.8. The van der Waals surface area contributed by atoms with Crippen LogP contribution in [0.1, 0.15) is 33.5 Å². The molecule has 1 heterocycles. The number of aromatic nitrogens is 2. The van der Waals surface area contributed by atoms with Crippen molar-refractivity contribution >= 4 is 0 Å². The number of ether oxygens (including phenoxy) is 1. The predicted octanol–water partition coefficient (Wildman–Crippen LogP) is 5.79. The van der Waals surface area contributed by atoms with Crippen LogP contribution in [0.25, 0.3) is 11.3 Å². The molecule has 25 heavy (non-hydrogen) atoms. The third kappa shape index (κ3) is 3.55. The lowest BCUT2D eigenvalue weighted by molar-refractivity contribution is 0.440. The Morgan fingerprint density at radius 2 is 1.32 bits per heavy atom. The molecule has 0 radical (unpaired) electrons. The minimum atomic E-state index is 0.389. The zero-order valence-corrected chi connectivity index (χ0v) is 15.8. The fourth-order valence-corrected chi connectivity index (χ4v) is 2.70. The summed E-state index contributed by atoms with van der Waals surface area (Å²) < 4.78 is 5.94. The van der Waals surface area contributed by atoms with Crippen LogP contribution >= 0.6 is 0 Å². The summed E-state index contributed by atoms with van der Waals surface area (Å²) in [4.78, 5) is 9.20. The van der Waals surface area contributed by atoms with E-state index in [2.05, 4.69) is 68.9 Å². The second-order valence-corrected chi connectivity index (χ2v) is 6.71. The van der Waals surface area contributed by atoms with Gasteiger partial charge in [0.25, 0.3) is 0 Å². The lowest BCUT2D eigenvalue weighted by atomic mass is 10.0. The molecule has 0 saturated heterocycles. The van der Waals surface area contributed by atoms with E-state index in [0.29, 0.717) is 6.01 Å². The fraction of sp³-hybridized carbons (Fsp3) is 0.273. The molecule has 3 rings (SSSR count). The first-order valence-electron chi connectivity index (χ1n) is 8.53. The van der Waals surface area contributed by atoms with Gasteiger partial charge in [-0.1, -0.05) is 18.2 Å². The fourth-order valence-electron chi connectivity index (χ4n) is 2.70. The Balaban J connectivity index is 2.03. The first-order chi connectivity index (χ1) is 11.8. The molecule has 3 heteroatoms. The van der Waals surface area contributed by atoms with E-state index >= 15 is 0 Å². The molecule has 0 saturated carbocycles. The van der Waals surface area contributed by atoms with E-state index in [4.69, 9.17) is 4.74 Å². The van der Waals surface area contributed by atoms with Crippen LogP contribution in [0.15, 0.2) is 36.4 Å². The molecule has 3 nitrogen and oxygen atoms in total. The summed E-state index contributed by atoms with van der Waals surface area (Å²) >= 11 is 0. The van der Waals surface area contributed by atoms with Gasteiger partial charge in [-0.3, -0.25) is 0 Å². The highest BCUT2D eigenvalue weighted by molar-refractivity contribution is 5.65. The Morgan fingerprint density at radius 3 is 1.96 bits per heavy atom. The third-order valence-electron chi connectivity index (χ3n) is 4.84. The standard InChI is InChI=1S/C22H24N2O/c1-13-7-9-19(11-15(13)3)21-17(5)18(6)23-22(24-21)25-20-10-8-14(2)16(4)12-20/h7-12H,1-6H3. The molecule has 2 aromatic carbocycles. The number of hydrogen-bond donors (Lipinski definition) is 0. The minimum absolute atomic E-state index is 0.389. The van der Waals surface area contributed by atoms with Gasteiger partial charge in [-0.25, -0.2) is 0 Å². The SMILES string of the molecule is Cc1ccc(Oc2nc(C)c(C)c(-c3ccc(C)c(C)c3)n2)cc1C. The summed E-state index contributed by atoms with van der Waals surface area (Å²) in [5.41, 5.74) is 8.99. The average Bonchev–Trinajstić information content (AvgIpc) is 2.57. The van der Waals surface area contributed by atoms with Gasteiger partial charge in [-0.2, -0.15) is 9.97 Å². The predicted molar refractivity (Wildman–Crippen MR) is 102 cm³/mol. The first-order valence-corrected chi connectivity index (χ1v) is 8.53. The minimum Gasteiger partial charge on any atom is -0.424 e. The topological polar surface area (TPSA) is 35.0 Å². The van der Waals surface area contributed by atoms with E-state index in [1.165, 1.54) is 22.3 Å². The molecule has 0 bridgehead atoms. The van der Waals surface area contributed by atoms with E-state index in [-0.39, 0.29) is 0 Å². The Labute approximate surface area is 149 Å². The first kappa shape index (κ1) is 17.2. The van der Waals surface area contributed by atoms with Crippen molar-refractivity contribution in [1.82, 2.24) is 9.97 Å². The molecule has 128 valence electrons. The maximum Gasteiger partial charge on any atom is 0.322 e. The van der Waals surface area contributed by atoms with Crippen LogP contribution in [0.5, 0.6) is 11.8 Å². The quantitative estimate of drug-likeness (QED) is 0.609. The van der Waals surface area contributed by atoms with Gasteiger partial charge < -0.3 is 4.74 Å². The third-order valence-corrected chi connectivity index (χ3v) is 4.84. The van der Waals surface area contributed by atoms with Crippen LogP contribution in [-0.2, 0) is 0 Å². The molecule has 3 aromatic rings. The van der Waals surface area contributed by atoms with E-state index in [1.54, 1.807) is 0 Å². The molecule has 0 aliphatic rings. The molecule has 0 unspecified atom stereocenters. The van der Waals surface area contributed by atoms with Crippen molar-refractivity contribution in [3.63, 3.8) is 0 Å². The maximum absolute atomic E-state index is 5.94. The summed E-state index contributed by atoms with van der Waals surface area (Å²) in [5.74, 6) is 0.761. The molecular weight excluding hydrogens is 308 g/mol. The van der Waals surface area contributed by atoms with Gasteiger partial charge in [0.15, 0.2) is 0 Å². The van der Waals surface area contributed by atoms with Crippen molar-refractivity contribution in [3.8, 4) is 23.0 Å².